The number of rotatable bonds is 10. The Labute approximate surface area is 290 Å². The van der Waals surface area contributed by atoms with Crippen molar-refractivity contribution in [2.45, 2.75) is 23.2 Å². The summed E-state index contributed by atoms with van der Waals surface area (Å²) in [6, 6.07) is 34.2. The van der Waals surface area contributed by atoms with Gasteiger partial charge in [-0.1, -0.05) is 90.0 Å². The number of amides is 3. The predicted octanol–water partition coefficient (Wildman–Crippen LogP) is 9.55. The summed E-state index contributed by atoms with van der Waals surface area (Å²) in [6.45, 7) is 1.95. The molecule has 3 N–H and O–H groups in total. The minimum absolute atomic E-state index is 0.0326. The van der Waals surface area contributed by atoms with Crippen molar-refractivity contribution in [2.24, 2.45) is 0 Å². The summed E-state index contributed by atoms with van der Waals surface area (Å²) in [5.41, 5.74) is 2.12. The van der Waals surface area contributed by atoms with Crippen molar-refractivity contribution < 1.29 is 27.6 Å². The van der Waals surface area contributed by atoms with Crippen molar-refractivity contribution >= 4 is 58.5 Å². The molecule has 11 heteroatoms. The summed E-state index contributed by atoms with van der Waals surface area (Å²) in [6.07, 6.45) is -3.03. The molecule has 0 fully saturated rings. The number of anilines is 2. The van der Waals surface area contributed by atoms with Crippen LogP contribution in [0.3, 0.4) is 0 Å². The third-order valence-electron chi connectivity index (χ3n) is 7.18. The molecule has 0 bridgehead atoms. The zero-order valence-corrected chi connectivity index (χ0v) is 27.5. The number of hydrogen-bond donors (Lipinski definition) is 3. The van der Waals surface area contributed by atoms with E-state index in [2.05, 4.69) is 16.0 Å². The number of thioether (sulfide) groups is 1. The average molecular weight is 700 g/mol. The SMILES string of the molecule is Cc1ccc(/C=C(\NC(=O)c2ccccc2)C(=O)Nc2ccc(SC(C(=O)Nc3cc(C(F)(F)F)ccc3Cl)c3ccccc3)cc2)cc1. The van der Waals surface area contributed by atoms with Crippen LogP contribution >= 0.6 is 23.4 Å². The summed E-state index contributed by atoms with van der Waals surface area (Å²) in [7, 11) is 0. The van der Waals surface area contributed by atoms with Crippen molar-refractivity contribution in [1.82, 2.24) is 5.32 Å². The second kappa shape index (κ2) is 15.7. The second-order valence-corrected chi connectivity index (χ2v) is 12.4. The molecule has 0 aliphatic carbocycles. The van der Waals surface area contributed by atoms with Gasteiger partial charge in [-0.05, 0) is 78.7 Å². The van der Waals surface area contributed by atoms with E-state index >= 15 is 0 Å². The quantitative estimate of drug-likeness (QED) is 0.100. The van der Waals surface area contributed by atoms with Crippen LogP contribution in [0.2, 0.25) is 5.02 Å². The van der Waals surface area contributed by atoms with Crippen LogP contribution in [-0.4, -0.2) is 17.7 Å². The van der Waals surface area contributed by atoms with Crippen molar-refractivity contribution in [3.63, 3.8) is 0 Å². The van der Waals surface area contributed by atoms with E-state index in [1.54, 1.807) is 91.0 Å². The fraction of sp³-hybridized carbons (Fsp3) is 0.0789. The highest BCUT2D eigenvalue weighted by Crippen LogP contribution is 2.39. The maximum absolute atomic E-state index is 13.5. The lowest BCUT2D eigenvalue weighted by atomic mass is 10.1. The van der Waals surface area contributed by atoms with Gasteiger partial charge in [-0.2, -0.15) is 13.2 Å². The number of hydrogen-bond acceptors (Lipinski definition) is 4. The first-order chi connectivity index (χ1) is 23.5. The molecular weight excluding hydrogens is 671 g/mol. The molecule has 49 heavy (non-hydrogen) atoms. The van der Waals surface area contributed by atoms with Crippen LogP contribution in [-0.2, 0) is 15.8 Å². The number of aryl methyl sites for hydroxylation is 1. The highest BCUT2D eigenvalue weighted by Gasteiger charge is 2.31. The molecule has 3 amide bonds. The summed E-state index contributed by atoms with van der Waals surface area (Å²) in [5, 5.41) is 7.18. The van der Waals surface area contributed by atoms with Crippen LogP contribution in [0.25, 0.3) is 6.08 Å². The molecule has 5 aromatic rings. The molecule has 5 rings (SSSR count). The van der Waals surface area contributed by atoms with Crippen molar-refractivity contribution in [3.05, 3.63) is 166 Å². The Bertz CT molecular complexity index is 1970. The van der Waals surface area contributed by atoms with Gasteiger partial charge in [0.25, 0.3) is 11.8 Å². The maximum atomic E-state index is 13.5. The van der Waals surface area contributed by atoms with E-state index in [-0.39, 0.29) is 16.4 Å². The van der Waals surface area contributed by atoms with Crippen molar-refractivity contribution in [1.29, 1.82) is 0 Å². The average Bonchev–Trinajstić information content (AvgIpc) is 3.09. The van der Waals surface area contributed by atoms with E-state index < -0.39 is 34.7 Å². The summed E-state index contributed by atoms with van der Waals surface area (Å²) in [4.78, 5) is 40.5. The first-order valence-corrected chi connectivity index (χ1v) is 16.2. The van der Waals surface area contributed by atoms with E-state index in [9.17, 15) is 27.6 Å². The van der Waals surface area contributed by atoms with Gasteiger partial charge >= 0.3 is 6.18 Å². The summed E-state index contributed by atoms with van der Waals surface area (Å²) in [5.74, 6) is -1.57. The number of alkyl halides is 3. The molecule has 0 saturated heterocycles. The molecule has 0 radical (unpaired) electrons. The van der Waals surface area contributed by atoms with Crippen LogP contribution in [0.5, 0.6) is 0 Å². The highest BCUT2D eigenvalue weighted by molar-refractivity contribution is 8.00. The van der Waals surface area contributed by atoms with Crippen LogP contribution in [0.4, 0.5) is 24.5 Å². The largest absolute Gasteiger partial charge is 0.416 e. The molecule has 0 spiro atoms. The Hall–Kier alpha value is -5.32. The van der Waals surface area contributed by atoms with Crippen molar-refractivity contribution in [3.8, 4) is 0 Å². The molecule has 5 aromatic carbocycles. The highest BCUT2D eigenvalue weighted by atomic mass is 35.5. The lowest BCUT2D eigenvalue weighted by molar-refractivity contribution is -0.137. The molecule has 0 heterocycles. The molecule has 0 aromatic heterocycles. The van der Waals surface area contributed by atoms with Crippen LogP contribution < -0.4 is 16.0 Å². The van der Waals surface area contributed by atoms with Crippen LogP contribution in [0.15, 0.2) is 138 Å². The third kappa shape index (κ3) is 9.62. The Morgan fingerprint density at radius 2 is 1.41 bits per heavy atom. The zero-order chi connectivity index (χ0) is 35.0. The predicted molar refractivity (Wildman–Crippen MR) is 188 cm³/mol. The molecule has 0 saturated carbocycles. The van der Waals surface area contributed by atoms with Gasteiger partial charge in [-0.15, -0.1) is 11.8 Å². The van der Waals surface area contributed by atoms with E-state index in [1.165, 1.54) is 11.8 Å². The Morgan fingerprint density at radius 3 is 2.04 bits per heavy atom. The number of carbonyl (C=O) groups is 3. The molecular formula is C38H29ClF3N3O3S. The maximum Gasteiger partial charge on any atom is 0.416 e. The topological polar surface area (TPSA) is 87.3 Å². The van der Waals surface area contributed by atoms with E-state index in [1.807, 2.05) is 31.2 Å². The fourth-order valence-electron chi connectivity index (χ4n) is 4.62. The molecule has 0 aliphatic heterocycles. The minimum atomic E-state index is -4.61. The lowest BCUT2D eigenvalue weighted by Gasteiger charge is -2.19. The van der Waals surface area contributed by atoms with Crippen LogP contribution in [0.1, 0.15) is 37.9 Å². The standard InChI is InChI=1S/C38H29ClF3N3O3S/c1-24-12-14-25(15-13-24)22-33(45-35(46)27-10-6-3-7-11-27)36(47)43-29-17-19-30(20-18-29)49-34(26-8-4-2-5-9-26)37(48)44-32-23-28(38(40,41)42)16-21-31(32)39/h2-23,34H,1H3,(H,43,47)(H,44,48)(H,45,46)/b33-22-. The molecule has 0 aliphatic rings. The normalized spacial score (nSPS) is 12.1. The van der Waals surface area contributed by atoms with Gasteiger partial charge in [-0.25, -0.2) is 0 Å². The first kappa shape index (κ1) is 35.0. The van der Waals surface area contributed by atoms with Crippen LogP contribution in [0, 0.1) is 6.92 Å². The number of benzene rings is 5. The number of halogens is 4. The smallest absolute Gasteiger partial charge is 0.323 e. The van der Waals surface area contributed by atoms with Gasteiger partial charge in [-0.3, -0.25) is 14.4 Å². The summed E-state index contributed by atoms with van der Waals surface area (Å²) < 4.78 is 40.0. The van der Waals surface area contributed by atoms with Gasteiger partial charge in [0, 0.05) is 16.1 Å². The minimum Gasteiger partial charge on any atom is -0.323 e. The van der Waals surface area contributed by atoms with Gasteiger partial charge in [0.15, 0.2) is 0 Å². The fourth-order valence-corrected chi connectivity index (χ4v) is 5.81. The number of carbonyl (C=O) groups excluding carboxylic acids is 3. The Morgan fingerprint density at radius 1 is 0.776 bits per heavy atom. The molecule has 6 nitrogen and oxygen atoms in total. The van der Waals surface area contributed by atoms with E-state index in [0.717, 1.165) is 23.8 Å². The van der Waals surface area contributed by atoms with Gasteiger partial charge in [0.05, 0.1) is 16.3 Å². The lowest BCUT2D eigenvalue weighted by Crippen LogP contribution is -2.30. The van der Waals surface area contributed by atoms with Gasteiger partial charge in [0.1, 0.15) is 10.9 Å². The Balaban J connectivity index is 1.34. The zero-order valence-electron chi connectivity index (χ0n) is 25.9. The monoisotopic (exact) mass is 699 g/mol. The van der Waals surface area contributed by atoms with E-state index in [0.29, 0.717) is 27.3 Å². The van der Waals surface area contributed by atoms with E-state index in [4.69, 9.17) is 11.6 Å². The van der Waals surface area contributed by atoms with Gasteiger partial charge in [0.2, 0.25) is 5.91 Å². The number of nitrogens with one attached hydrogen (secondary N) is 3. The first-order valence-electron chi connectivity index (χ1n) is 14.9. The van der Waals surface area contributed by atoms with Gasteiger partial charge < -0.3 is 16.0 Å². The Kier molecular flexibility index (Phi) is 11.2. The summed E-state index contributed by atoms with van der Waals surface area (Å²) >= 11 is 7.31. The third-order valence-corrected chi connectivity index (χ3v) is 8.77. The second-order valence-electron chi connectivity index (χ2n) is 10.9. The molecule has 1 unspecified atom stereocenters. The molecule has 248 valence electrons. The molecule has 1 atom stereocenters. The van der Waals surface area contributed by atoms with Crippen molar-refractivity contribution in [2.75, 3.05) is 10.6 Å².